The first-order valence-electron chi connectivity index (χ1n) is 6.06. The van der Waals surface area contributed by atoms with E-state index in [0.717, 1.165) is 12.7 Å². The summed E-state index contributed by atoms with van der Waals surface area (Å²) < 4.78 is 39.2. The van der Waals surface area contributed by atoms with Crippen LogP contribution in [0.2, 0.25) is 0 Å². The molecule has 1 aromatic rings. The summed E-state index contributed by atoms with van der Waals surface area (Å²) in [4.78, 5) is 0.127. The minimum atomic E-state index is -3.70. The third-order valence-electron chi connectivity index (χ3n) is 3.29. The maximum absolute atomic E-state index is 11.7. The first-order valence-corrected chi connectivity index (χ1v) is 7.47. The van der Waals surface area contributed by atoms with Gasteiger partial charge in [-0.2, -0.15) is 8.42 Å². The minimum absolute atomic E-state index is 0.127. The van der Waals surface area contributed by atoms with Crippen LogP contribution < -0.4 is 4.74 Å². The molecular weight excluding hydrogens is 268 g/mol. The quantitative estimate of drug-likeness (QED) is 0.793. The van der Waals surface area contributed by atoms with Crippen LogP contribution in [0.4, 0.5) is 0 Å². The van der Waals surface area contributed by atoms with Crippen LogP contribution in [0, 0.1) is 0 Å². The molecule has 0 bridgehead atoms. The Kier molecular flexibility index (Phi) is 3.59. The van der Waals surface area contributed by atoms with Gasteiger partial charge in [0, 0.05) is 12.2 Å². The Balaban J connectivity index is 2.47. The van der Waals surface area contributed by atoms with Crippen LogP contribution in [0.3, 0.4) is 0 Å². The van der Waals surface area contributed by atoms with Gasteiger partial charge in [0.1, 0.15) is 5.75 Å². The minimum Gasteiger partial charge on any atom is -0.464 e. The molecule has 19 heavy (non-hydrogen) atoms. The topological polar surface area (TPSA) is 61.8 Å². The fraction of sp³-hybridized carbons (Fsp3) is 0.538. The highest BCUT2D eigenvalue weighted by atomic mass is 32.2. The maximum atomic E-state index is 11.7. The van der Waals surface area contributed by atoms with Crippen LogP contribution >= 0.6 is 0 Å². The summed E-state index contributed by atoms with van der Waals surface area (Å²) in [6.07, 6.45) is -0.409. The first kappa shape index (κ1) is 14.3. The summed E-state index contributed by atoms with van der Waals surface area (Å²) in [6.45, 7) is 6.35. The Labute approximate surface area is 113 Å². The molecule has 0 N–H and O–H groups in total. The van der Waals surface area contributed by atoms with Crippen LogP contribution in [0.15, 0.2) is 23.1 Å². The van der Waals surface area contributed by atoms with Gasteiger partial charge < -0.3 is 9.47 Å². The molecule has 0 saturated heterocycles. The van der Waals surface area contributed by atoms with E-state index in [1.54, 1.807) is 12.1 Å². The highest BCUT2D eigenvalue weighted by Crippen LogP contribution is 2.44. The van der Waals surface area contributed by atoms with Gasteiger partial charge in [-0.3, -0.25) is 4.18 Å². The van der Waals surface area contributed by atoms with E-state index >= 15 is 0 Å². The van der Waals surface area contributed by atoms with Gasteiger partial charge in [0.15, 0.2) is 0 Å². The lowest BCUT2D eigenvalue weighted by Crippen LogP contribution is -2.34. The third kappa shape index (κ3) is 2.35. The van der Waals surface area contributed by atoms with E-state index in [9.17, 15) is 8.42 Å². The zero-order valence-corrected chi connectivity index (χ0v) is 12.3. The molecule has 1 aliphatic heterocycles. The number of fused-ring (bicyclic) bond motifs is 1. The molecule has 1 atom stereocenters. The van der Waals surface area contributed by atoms with Crippen LogP contribution in [0.25, 0.3) is 0 Å². The average Bonchev–Trinajstić information content (AvgIpc) is 2.62. The molecule has 0 spiro atoms. The number of rotatable bonds is 4. The zero-order chi connectivity index (χ0) is 14.3. The second kappa shape index (κ2) is 4.77. The standard InChI is InChI=1S/C13H18O5S/c1-5-17-12-13(2,3)10-8-9(19(14,15)16-4)6-7-11(10)18-12/h6-8,12H,5H2,1-4H3/t12-/m0/s1. The normalized spacial score (nSPS) is 20.9. The number of ether oxygens (including phenoxy) is 2. The first-order chi connectivity index (χ1) is 8.82. The fourth-order valence-corrected chi connectivity index (χ4v) is 2.84. The SMILES string of the molecule is CCO[C@H]1Oc2ccc(S(=O)(=O)OC)cc2C1(C)C. The van der Waals surface area contributed by atoms with Crippen molar-refractivity contribution < 1.29 is 22.1 Å². The molecule has 0 saturated carbocycles. The van der Waals surface area contributed by atoms with Crippen LogP contribution in [0.1, 0.15) is 26.3 Å². The van der Waals surface area contributed by atoms with Crippen LogP contribution in [-0.2, 0) is 24.5 Å². The van der Waals surface area contributed by atoms with Crippen molar-refractivity contribution in [1.29, 1.82) is 0 Å². The highest BCUT2D eigenvalue weighted by molar-refractivity contribution is 7.86. The molecule has 1 aromatic carbocycles. The van der Waals surface area contributed by atoms with Crippen molar-refractivity contribution in [1.82, 2.24) is 0 Å². The monoisotopic (exact) mass is 286 g/mol. The van der Waals surface area contributed by atoms with E-state index in [2.05, 4.69) is 4.18 Å². The summed E-state index contributed by atoms with van der Waals surface area (Å²) in [5.41, 5.74) is 0.397. The molecule has 0 fully saturated rings. The van der Waals surface area contributed by atoms with Crippen molar-refractivity contribution in [2.24, 2.45) is 0 Å². The van der Waals surface area contributed by atoms with Crippen LogP contribution in [-0.4, -0.2) is 28.4 Å². The van der Waals surface area contributed by atoms with Crippen LogP contribution in [0.5, 0.6) is 5.75 Å². The second-order valence-electron chi connectivity index (χ2n) is 4.91. The molecule has 0 amide bonds. The van der Waals surface area contributed by atoms with Crippen molar-refractivity contribution in [3.8, 4) is 5.75 Å². The Bertz CT molecular complexity index is 577. The molecule has 6 heteroatoms. The summed E-state index contributed by atoms with van der Waals surface area (Å²) in [5.74, 6) is 0.651. The molecule has 0 unspecified atom stereocenters. The van der Waals surface area contributed by atoms with Crippen molar-refractivity contribution in [3.63, 3.8) is 0 Å². The maximum Gasteiger partial charge on any atom is 0.296 e. The lowest BCUT2D eigenvalue weighted by Gasteiger charge is -2.25. The van der Waals surface area contributed by atoms with Crippen molar-refractivity contribution >= 4 is 10.1 Å². The van der Waals surface area contributed by atoms with Gasteiger partial charge in [-0.15, -0.1) is 0 Å². The lowest BCUT2D eigenvalue weighted by molar-refractivity contribution is -0.0981. The van der Waals surface area contributed by atoms with Gasteiger partial charge in [-0.1, -0.05) is 0 Å². The predicted molar refractivity (Wildman–Crippen MR) is 69.7 cm³/mol. The molecule has 2 rings (SSSR count). The molecular formula is C13H18O5S. The van der Waals surface area contributed by atoms with Crippen molar-refractivity contribution in [2.75, 3.05) is 13.7 Å². The molecule has 0 aromatic heterocycles. The van der Waals surface area contributed by atoms with E-state index < -0.39 is 21.8 Å². The van der Waals surface area contributed by atoms with Gasteiger partial charge in [0.25, 0.3) is 10.1 Å². The van der Waals surface area contributed by atoms with Crippen molar-refractivity contribution in [2.45, 2.75) is 37.4 Å². The Hall–Kier alpha value is -1.11. The summed E-state index contributed by atoms with van der Waals surface area (Å²) in [5, 5.41) is 0. The van der Waals surface area contributed by atoms with E-state index in [0.29, 0.717) is 12.4 Å². The largest absolute Gasteiger partial charge is 0.464 e. The Morgan fingerprint density at radius 3 is 2.63 bits per heavy atom. The average molecular weight is 286 g/mol. The summed E-state index contributed by atoms with van der Waals surface area (Å²) in [7, 11) is -2.55. The van der Waals surface area contributed by atoms with E-state index in [4.69, 9.17) is 9.47 Å². The molecule has 5 nitrogen and oxygen atoms in total. The number of hydrogen-bond donors (Lipinski definition) is 0. The van der Waals surface area contributed by atoms with Gasteiger partial charge in [0.2, 0.25) is 6.29 Å². The molecule has 1 heterocycles. The second-order valence-corrected chi connectivity index (χ2v) is 6.62. The number of hydrogen-bond acceptors (Lipinski definition) is 5. The molecule has 1 aliphatic rings. The van der Waals surface area contributed by atoms with E-state index in [1.165, 1.54) is 6.07 Å². The zero-order valence-electron chi connectivity index (χ0n) is 11.5. The predicted octanol–water partition coefficient (Wildman–Crippen LogP) is 2.05. The Morgan fingerprint density at radius 2 is 2.05 bits per heavy atom. The van der Waals surface area contributed by atoms with Crippen molar-refractivity contribution in [3.05, 3.63) is 23.8 Å². The molecule has 106 valence electrons. The molecule has 0 aliphatic carbocycles. The highest BCUT2D eigenvalue weighted by Gasteiger charge is 2.43. The molecule has 0 radical (unpaired) electrons. The van der Waals surface area contributed by atoms with E-state index in [1.807, 2.05) is 20.8 Å². The van der Waals surface area contributed by atoms with Gasteiger partial charge >= 0.3 is 0 Å². The summed E-state index contributed by atoms with van der Waals surface area (Å²) in [6, 6.07) is 4.71. The fourth-order valence-electron chi connectivity index (χ4n) is 2.15. The van der Waals surface area contributed by atoms with Gasteiger partial charge in [-0.05, 0) is 39.0 Å². The summed E-state index contributed by atoms with van der Waals surface area (Å²) >= 11 is 0. The number of benzene rings is 1. The van der Waals surface area contributed by atoms with Gasteiger partial charge in [0.05, 0.1) is 17.4 Å². The van der Waals surface area contributed by atoms with E-state index in [-0.39, 0.29) is 4.90 Å². The van der Waals surface area contributed by atoms with Gasteiger partial charge in [-0.25, -0.2) is 0 Å². The smallest absolute Gasteiger partial charge is 0.296 e. The Morgan fingerprint density at radius 1 is 1.37 bits per heavy atom. The third-order valence-corrected chi connectivity index (χ3v) is 4.56. The lowest BCUT2D eigenvalue weighted by atomic mass is 9.85.